The molecule has 21 heavy (non-hydrogen) atoms. The highest BCUT2D eigenvalue weighted by Crippen LogP contribution is 2.27. The summed E-state index contributed by atoms with van der Waals surface area (Å²) in [5.74, 6) is 0.865. The number of hydrogen-bond acceptors (Lipinski definition) is 2. The molecule has 0 bridgehead atoms. The fourth-order valence-electron chi connectivity index (χ4n) is 2.22. The van der Waals surface area contributed by atoms with Crippen LogP contribution in [0.4, 0.5) is 0 Å². The van der Waals surface area contributed by atoms with Crippen molar-refractivity contribution >= 4 is 15.9 Å². The maximum absolute atomic E-state index is 6.25. The lowest BCUT2D eigenvalue weighted by Crippen LogP contribution is -2.31. The normalized spacial score (nSPS) is 13.7. The summed E-state index contributed by atoms with van der Waals surface area (Å²) in [5, 5.41) is 0. The van der Waals surface area contributed by atoms with E-state index in [1.807, 2.05) is 24.3 Å². The van der Waals surface area contributed by atoms with Gasteiger partial charge in [-0.15, -0.1) is 0 Å². The van der Waals surface area contributed by atoms with Gasteiger partial charge in [-0.1, -0.05) is 54.0 Å². The number of rotatable bonds is 6. The molecule has 2 unspecified atom stereocenters. The highest BCUT2D eigenvalue weighted by Gasteiger charge is 2.20. The lowest BCUT2D eigenvalue weighted by molar-refractivity contribution is 0.171. The van der Waals surface area contributed by atoms with Gasteiger partial charge in [0.1, 0.15) is 11.9 Å². The number of halogens is 1. The molecule has 2 atom stereocenters. The summed E-state index contributed by atoms with van der Waals surface area (Å²) in [5.41, 5.74) is 8.67. The van der Waals surface area contributed by atoms with Crippen molar-refractivity contribution in [2.24, 2.45) is 5.73 Å². The first-order chi connectivity index (χ1) is 10.1. The summed E-state index contributed by atoms with van der Waals surface area (Å²) in [6.07, 6.45) is 1.77. The first-order valence-corrected chi connectivity index (χ1v) is 8.20. The van der Waals surface area contributed by atoms with Gasteiger partial charge in [0, 0.05) is 10.5 Å². The zero-order valence-electron chi connectivity index (χ0n) is 12.6. The van der Waals surface area contributed by atoms with Crippen molar-refractivity contribution in [1.29, 1.82) is 0 Å². The van der Waals surface area contributed by atoms with Crippen LogP contribution in [-0.4, -0.2) is 6.04 Å². The number of nitrogens with two attached hydrogens (primary N) is 1. The number of aryl methyl sites for hydroxylation is 1. The summed E-state index contributed by atoms with van der Waals surface area (Å²) in [7, 11) is 0. The second-order valence-corrected chi connectivity index (χ2v) is 6.08. The van der Waals surface area contributed by atoms with Crippen LogP contribution in [0.3, 0.4) is 0 Å². The van der Waals surface area contributed by atoms with Crippen molar-refractivity contribution in [3.63, 3.8) is 0 Å². The topological polar surface area (TPSA) is 35.2 Å². The molecule has 2 nitrogen and oxygen atoms in total. The van der Waals surface area contributed by atoms with E-state index < -0.39 is 0 Å². The van der Waals surface area contributed by atoms with E-state index in [1.54, 1.807) is 0 Å². The van der Waals surface area contributed by atoms with Gasteiger partial charge in [0.15, 0.2) is 0 Å². The van der Waals surface area contributed by atoms with Gasteiger partial charge in [0.25, 0.3) is 0 Å². The van der Waals surface area contributed by atoms with Crippen molar-refractivity contribution in [2.45, 2.75) is 38.8 Å². The molecular weight excluding hydrogens is 326 g/mol. The van der Waals surface area contributed by atoms with Gasteiger partial charge >= 0.3 is 0 Å². The first kappa shape index (κ1) is 16.1. The van der Waals surface area contributed by atoms with Crippen LogP contribution in [0.5, 0.6) is 5.75 Å². The Morgan fingerprint density at radius 3 is 2.14 bits per heavy atom. The van der Waals surface area contributed by atoms with Crippen LogP contribution in [0, 0.1) is 0 Å². The van der Waals surface area contributed by atoms with Gasteiger partial charge in [0.05, 0.1) is 0 Å². The predicted molar refractivity (Wildman–Crippen MR) is 91.6 cm³/mol. The average Bonchev–Trinajstić information content (AvgIpc) is 2.53. The average molecular weight is 348 g/mol. The zero-order valence-corrected chi connectivity index (χ0v) is 14.1. The number of benzene rings is 2. The fraction of sp³-hybridized carbons (Fsp3) is 0.333. The summed E-state index contributed by atoms with van der Waals surface area (Å²) in [6, 6.07) is 16.4. The Morgan fingerprint density at radius 1 is 1.00 bits per heavy atom. The molecule has 2 N–H and O–H groups in total. The minimum Gasteiger partial charge on any atom is -0.484 e. The van der Waals surface area contributed by atoms with Crippen LogP contribution in [0.2, 0.25) is 0 Å². The highest BCUT2D eigenvalue weighted by molar-refractivity contribution is 9.10. The Labute approximate surface area is 135 Å². The predicted octanol–water partition coefficient (Wildman–Crippen LogP) is 4.87. The molecule has 0 amide bonds. The van der Waals surface area contributed by atoms with E-state index in [9.17, 15) is 0 Å². The molecule has 0 fully saturated rings. The minimum atomic E-state index is -0.129. The van der Waals surface area contributed by atoms with Crippen LogP contribution >= 0.6 is 15.9 Å². The van der Waals surface area contributed by atoms with Crippen molar-refractivity contribution in [1.82, 2.24) is 0 Å². The molecule has 2 rings (SSSR count). The van der Waals surface area contributed by atoms with E-state index in [-0.39, 0.29) is 12.1 Å². The van der Waals surface area contributed by atoms with E-state index in [4.69, 9.17) is 10.5 Å². The van der Waals surface area contributed by atoms with Crippen LogP contribution < -0.4 is 10.5 Å². The molecule has 0 heterocycles. The van der Waals surface area contributed by atoms with Crippen LogP contribution in [0.25, 0.3) is 0 Å². The smallest absolute Gasteiger partial charge is 0.139 e. The Balaban J connectivity index is 2.21. The molecule has 0 aromatic heterocycles. The van der Waals surface area contributed by atoms with Crippen molar-refractivity contribution in [3.8, 4) is 5.75 Å². The van der Waals surface area contributed by atoms with Crippen molar-refractivity contribution < 1.29 is 4.74 Å². The van der Waals surface area contributed by atoms with Crippen LogP contribution in [0.1, 0.15) is 37.5 Å². The Morgan fingerprint density at radius 2 is 1.62 bits per heavy atom. The van der Waals surface area contributed by atoms with Gasteiger partial charge in [-0.05, 0) is 48.2 Å². The summed E-state index contributed by atoms with van der Waals surface area (Å²) in [6.45, 7) is 4.23. The van der Waals surface area contributed by atoms with Crippen LogP contribution in [-0.2, 0) is 6.42 Å². The summed E-state index contributed by atoms with van der Waals surface area (Å²) >= 11 is 3.46. The monoisotopic (exact) mass is 347 g/mol. The molecule has 2 aromatic carbocycles. The summed E-state index contributed by atoms with van der Waals surface area (Å²) in [4.78, 5) is 0. The van der Waals surface area contributed by atoms with Gasteiger partial charge in [0.2, 0.25) is 0 Å². The van der Waals surface area contributed by atoms with Gasteiger partial charge in [-0.25, -0.2) is 0 Å². The molecule has 0 saturated heterocycles. The van der Waals surface area contributed by atoms with Crippen LogP contribution in [0.15, 0.2) is 53.0 Å². The maximum Gasteiger partial charge on any atom is 0.139 e. The molecule has 112 valence electrons. The third-order valence-electron chi connectivity index (χ3n) is 3.65. The second-order valence-electron chi connectivity index (χ2n) is 5.16. The Kier molecular flexibility index (Phi) is 5.83. The van der Waals surface area contributed by atoms with Gasteiger partial charge in [-0.2, -0.15) is 0 Å². The molecule has 3 heteroatoms. The van der Waals surface area contributed by atoms with Gasteiger partial charge in [-0.3, -0.25) is 0 Å². The number of ether oxygens (including phenoxy) is 1. The number of hydrogen-bond donors (Lipinski definition) is 1. The standard InChI is InChI=1S/C18H22BrNO/c1-3-13-5-11-16(12-6-13)21-18(17(20)4-2)14-7-9-15(19)10-8-14/h5-12,17-18H,3-4,20H2,1-2H3. The van der Waals surface area contributed by atoms with E-state index in [0.717, 1.165) is 28.6 Å². The quantitative estimate of drug-likeness (QED) is 0.808. The molecule has 0 aliphatic rings. The van der Waals surface area contributed by atoms with E-state index >= 15 is 0 Å². The Bertz CT molecular complexity index is 550. The molecule has 2 aromatic rings. The largest absolute Gasteiger partial charge is 0.484 e. The molecule has 0 aliphatic carbocycles. The highest BCUT2D eigenvalue weighted by atomic mass is 79.9. The SMILES string of the molecule is CCc1ccc(OC(c2ccc(Br)cc2)C(N)CC)cc1. The van der Waals surface area contributed by atoms with E-state index in [1.165, 1.54) is 5.56 Å². The maximum atomic E-state index is 6.25. The van der Waals surface area contributed by atoms with E-state index in [2.05, 4.69) is 54.0 Å². The molecule has 0 aliphatic heterocycles. The molecule has 0 spiro atoms. The molecule has 0 saturated carbocycles. The molecular formula is C18H22BrNO. The van der Waals surface area contributed by atoms with E-state index in [0.29, 0.717) is 0 Å². The van der Waals surface area contributed by atoms with Crippen molar-refractivity contribution in [2.75, 3.05) is 0 Å². The Hall–Kier alpha value is -1.32. The van der Waals surface area contributed by atoms with Crippen molar-refractivity contribution in [3.05, 3.63) is 64.1 Å². The minimum absolute atomic E-state index is 0.0305. The third kappa shape index (κ3) is 4.32. The first-order valence-electron chi connectivity index (χ1n) is 7.40. The second kappa shape index (κ2) is 7.62. The third-order valence-corrected chi connectivity index (χ3v) is 4.18. The molecule has 0 radical (unpaired) electrons. The lowest BCUT2D eigenvalue weighted by atomic mass is 10.0. The fourth-order valence-corrected chi connectivity index (χ4v) is 2.48. The zero-order chi connectivity index (χ0) is 15.2. The van der Waals surface area contributed by atoms with Gasteiger partial charge < -0.3 is 10.5 Å². The summed E-state index contributed by atoms with van der Waals surface area (Å²) < 4.78 is 7.21. The lowest BCUT2D eigenvalue weighted by Gasteiger charge is -2.25.